The molecule has 0 amide bonds. The van der Waals surface area contributed by atoms with Gasteiger partial charge in [-0.3, -0.25) is 4.79 Å². The van der Waals surface area contributed by atoms with Gasteiger partial charge in [-0.1, -0.05) is 48.9 Å². The molecule has 0 fully saturated rings. The number of fused-ring (bicyclic) bond motifs is 1. The molecule has 1 heterocycles. The van der Waals surface area contributed by atoms with Gasteiger partial charge < -0.3 is 9.57 Å². The van der Waals surface area contributed by atoms with Gasteiger partial charge in [-0.25, -0.2) is 4.79 Å². The number of ether oxygens (including phenoxy) is 1. The number of esters is 1. The highest BCUT2D eigenvalue weighted by molar-refractivity contribution is 6.31. The quantitative estimate of drug-likeness (QED) is 0.637. The SMILES string of the molecule is CCCOn1c(C(=O)OC)c(-c2ccccc2)c2cc(Cl)ccc2c1=O. The highest BCUT2D eigenvalue weighted by Gasteiger charge is 2.25. The van der Waals surface area contributed by atoms with Crippen LogP contribution in [-0.4, -0.2) is 24.4 Å². The number of pyridine rings is 1. The van der Waals surface area contributed by atoms with Gasteiger partial charge in [-0.2, -0.15) is 0 Å². The average molecular weight is 372 g/mol. The molecule has 2 aromatic carbocycles. The van der Waals surface area contributed by atoms with E-state index in [-0.39, 0.29) is 12.3 Å². The second kappa shape index (κ2) is 7.62. The van der Waals surface area contributed by atoms with Crippen LogP contribution in [0.15, 0.2) is 53.3 Å². The first-order chi connectivity index (χ1) is 12.6. The Morgan fingerprint density at radius 3 is 2.50 bits per heavy atom. The Morgan fingerprint density at radius 1 is 1.12 bits per heavy atom. The summed E-state index contributed by atoms with van der Waals surface area (Å²) in [7, 11) is 1.27. The van der Waals surface area contributed by atoms with Crippen LogP contribution in [0.5, 0.6) is 0 Å². The van der Waals surface area contributed by atoms with Crippen molar-refractivity contribution in [3.05, 3.63) is 69.6 Å². The third-order valence-electron chi connectivity index (χ3n) is 3.97. The Morgan fingerprint density at radius 2 is 1.85 bits per heavy atom. The second-order valence-electron chi connectivity index (χ2n) is 5.70. The van der Waals surface area contributed by atoms with E-state index in [1.165, 1.54) is 7.11 Å². The van der Waals surface area contributed by atoms with Crippen LogP contribution in [0.25, 0.3) is 21.9 Å². The van der Waals surface area contributed by atoms with E-state index < -0.39 is 11.5 Å². The summed E-state index contributed by atoms with van der Waals surface area (Å²) < 4.78 is 5.98. The summed E-state index contributed by atoms with van der Waals surface area (Å²) in [6.07, 6.45) is 0.687. The number of carbonyl (C=O) groups excluding carboxylic acids is 1. The van der Waals surface area contributed by atoms with Crippen LogP contribution >= 0.6 is 11.6 Å². The molecule has 3 rings (SSSR count). The van der Waals surface area contributed by atoms with Gasteiger partial charge in [0.25, 0.3) is 5.56 Å². The Hall–Kier alpha value is -2.79. The fourth-order valence-electron chi connectivity index (χ4n) is 2.83. The van der Waals surface area contributed by atoms with Crippen molar-refractivity contribution >= 4 is 28.3 Å². The standard InChI is InChI=1S/C20H18ClNO4/c1-3-11-26-22-18(20(24)25-2)17(13-7-5-4-6-8-13)16-12-14(21)9-10-15(16)19(22)23/h4-10,12H,3,11H2,1-2H3. The summed E-state index contributed by atoms with van der Waals surface area (Å²) in [5.74, 6) is -0.654. The zero-order valence-electron chi connectivity index (χ0n) is 14.5. The van der Waals surface area contributed by atoms with Crippen molar-refractivity contribution in [2.24, 2.45) is 0 Å². The fourth-order valence-corrected chi connectivity index (χ4v) is 3.01. The number of aromatic nitrogens is 1. The topological polar surface area (TPSA) is 57.5 Å². The number of hydrogen-bond acceptors (Lipinski definition) is 4. The molecule has 0 aliphatic rings. The summed E-state index contributed by atoms with van der Waals surface area (Å²) in [5, 5.41) is 1.46. The molecule has 5 nitrogen and oxygen atoms in total. The summed E-state index contributed by atoms with van der Waals surface area (Å²) >= 11 is 6.16. The van der Waals surface area contributed by atoms with E-state index in [0.717, 1.165) is 10.3 Å². The summed E-state index contributed by atoms with van der Waals surface area (Å²) in [6, 6.07) is 14.3. The lowest BCUT2D eigenvalue weighted by Gasteiger charge is -2.18. The maximum atomic E-state index is 13.0. The van der Waals surface area contributed by atoms with Crippen LogP contribution < -0.4 is 10.4 Å². The van der Waals surface area contributed by atoms with Crippen molar-refractivity contribution in [3.63, 3.8) is 0 Å². The molecule has 0 atom stereocenters. The lowest BCUT2D eigenvalue weighted by Crippen LogP contribution is -2.33. The molecule has 3 aromatic rings. The first-order valence-electron chi connectivity index (χ1n) is 8.23. The van der Waals surface area contributed by atoms with E-state index >= 15 is 0 Å². The van der Waals surface area contributed by atoms with Gasteiger partial charge in [0.2, 0.25) is 0 Å². The number of nitrogens with zero attached hydrogens (tertiary/aromatic N) is 1. The molecule has 0 saturated carbocycles. The van der Waals surface area contributed by atoms with Gasteiger partial charge in [0.1, 0.15) is 6.61 Å². The summed E-state index contributed by atoms with van der Waals surface area (Å²) in [4.78, 5) is 31.1. The van der Waals surface area contributed by atoms with Crippen LogP contribution in [0.3, 0.4) is 0 Å². The molecule has 0 aliphatic heterocycles. The number of benzene rings is 2. The predicted octanol–water partition coefficient (Wildman–Crippen LogP) is 3.95. The van der Waals surface area contributed by atoms with Gasteiger partial charge in [-0.05, 0) is 35.6 Å². The molecule has 0 N–H and O–H groups in total. The molecular formula is C20H18ClNO4. The predicted molar refractivity (Wildman–Crippen MR) is 102 cm³/mol. The van der Waals surface area contributed by atoms with Crippen molar-refractivity contribution in [1.29, 1.82) is 0 Å². The lowest BCUT2D eigenvalue weighted by atomic mass is 9.97. The van der Waals surface area contributed by atoms with E-state index in [4.69, 9.17) is 21.2 Å². The number of carbonyl (C=O) groups is 1. The monoisotopic (exact) mass is 371 g/mol. The van der Waals surface area contributed by atoms with Crippen LogP contribution in [0.1, 0.15) is 23.8 Å². The van der Waals surface area contributed by atoms with Gasteiger partial charge in [0, 0.05) is 10.6 Å². The van der Waals surface area contributed by atoms with Crippen LogP contribution in [0, 0.1) is 0 Å². The molecule has 0 saturated heterocycles. The maximum Gasteiger partial charge on any atom is 0.358 e. The molecular weight excluding hydrogens is 354 g/mol. The highest BCUT2D eigenvalue weighted by Crippen LogP contribution is 2.32. The zero-order valence-corrected chi connectivity index (χ0v) is 15.2. The van der Waals surface area contributed by atoms with Gasteiger partial charge in [-0.15, -0.1) is 4.73 Å². The minimum Gasteiger partial charge on any atom is -0.464 e. The molecule has 0 unspecified atom stereocenters. The van der Waals surface area contributed by atoms with Gasteiger partial charge in [0.15, 0.2) is 5.69 Å². The molecule has 0 radical (unpaired) electrons. The largest absolute Gasteiger partial charge is 0.464 e. The molecule has 0 aliphatic carbocycles. The first kappa shape index (κ1) is 18.0. The van der Waals surface area contributed by atoms with Gasteiger partial charge >= 0.3 is 5.97 Å². The Bertz CT molecular complexity index is 1010. The van der Waals surface area contributed by atoms with E-state index in [0.29, 0.717) is 27.8 Å². The number of rotatable bonds is 5. The van der Waals surface area contributed by atoms with E-state index in [2.05, 4.69) is 0 Å². The van der Waals surface area contributed by atoms with Gasteiger partial charge in [0.05, 0.1) is 12.5 Å². The summed E-state index contributed by atoms with van der Waals surface area (Å²) in [6.45, 7) is 2.21. The Labute approximate surface area is 155 Å². The molecule has 0 bridgehead atoms. The number of halogens is 1. The Kier molecular flexibility index (Phi) is 5.28. The number of methoxy groups -OCH3 is 1. The third kappa shape index (κ3) is 3.18. The Balaban J connectivity index is 2.50. The van der Waals surface area contributed by atoms with Crippen LogP contribution in [-0.2, 0) is 4.74 Å². The summed E-state index contributed by atoms with van der Waals surface area (Å²) in [5.41, 5.74) is 0.928. The zero-order chi connectivity index (χ0) is 18.7. The van der Waals surface area contributed by atoms with Crippen molar-refractivity contribution < 1.29 is 14.4 Å². The average Bonchev–Trinajstić information content (AvgIpc) is 2.67. The van der Waals surface area contributed by atoms with Crippen LogP contribution in [0.2, 0.25) is 5.02 Å². The fraction of sp³-hybridized carbons (Fsp3) is 0.200. The third-order valence-corrected chi connectivity index (χ3v) is 4.21. The molecule has 6 heteroatoms. The van der Waals surface area contributed by atoms with E-state index in [1.54, 1.807) is 18.2 Å². The van der Waals surface area contributed by atoms with Crippen molar-refractivity contribution in [1.82, 2.24) is 4.73 Å². The van der Waals surface area contributed by atoms with Crippen molar-refractivity contribution in [2.75, 3.05) is 13.7 Å². The van der Waals surface area contributed by atoms with Crippen molar-refractivity contribution in [3.8, 4) is 11.1 Å². The van der Waals surface area contributed by atoms with Crippen molar-refractivity contribution in [2.45, 2.75) is 13.3 Å². The number of hydrogen-bond donors (Lipinski definition) is 0. The van der Waals surface area contributed by atoms with E-state index in [9.17, 15) is 9.59 Å². The lowest BCUT2D eigenvalue weighted by molar-refractivity contribution is 0.0493. The van der Waals surface area contributed by atoms with E-state index in [1.807, 2.05) is 37.3 Å². The minimum atomic E-state index is -0.654. The highest BCUT2D eigenvalue weighted by atomic mass is 35.5. The molecule has 1 aromatic heterocycles. The maximum absolute atomic E-state index is 13.0. The van der Waals surface area contributed by atoms with Crippen LogP contribution in [0.4, 0.5) is 0 Å². The molecule has 26 heavy (non-hydrogen) atoms. The minimum absolute atomic E-state index is 0.0481. The molecule has 0 spiro atoms. The first-order valence-corrected chi connectivity index (χ1v) is 8.61. The normalized spacial score (nSPS) is 10.7. The molecule has 134 valence electrons. The smallest absolute Gasteiger partial charge is 0.358 e. The second-order valence-corrected chi connectivity index (χ2v) is 6.14.